The van der Waals surface area contributed by atoms with Gasteiger partial charge in [-0.15, -0.1) is 0 Å². The lowest BCUT2D eigenvalue weighted by molar-refractivity contribution is 0.356. The molecule has 0 saturated heterocycles. The molecule has 0 aromatic heterocycles. The second-order valence-corrected chi connectivity index (χ2v) is 8.86. The van der Waals surface area contributed by atoms with Crippen LogP contribution in [0.5, 0.6) is 0 Å². The van der Waals surface area contributed by atoms with Crippen LogP contribution < -0.4 is 16.4 Å². The molecule has 0 amide bonds. The Bertz CT molecular complexity index is 1010. The van der Waals surface area contributed by atoms with Crippen molar-refractivity contribution in [3.8, 4) is 0 Å². The summed E-state index contributed by atoms with van der Waals surface area (Å²) in [6.45, 7) is 0. The van der Waals surface area contributed by atoms with E-state index < -0.39 is 21.4 Å². The summed E-state index contributed by atoms with van der Waals surface area (Å²) >= 11 is 36.1. The Hall–Kier alpha value is -0.565. The molecule has 0 atom stereocenters. The van der Waals surface area contributed by atoms with Gasteiger partial charge in [0.1, 0.15) is 0 Å². The van der Waals surface area contributed by atoms with Gasteiger partial charge < -0.3 is 19.2 Å². The van der Waals surface area contributed by atoms with Gasteiger partial charge in [-0.1, -0.05) is 81.7 Å². The molecule has 3 rings (SSSR count). The van der Waals surface area contributed by atoms with Crippen LogP contribution in [0.25, 0.3) is 0 Å². The van der Waals surface area contributed by atoms with Crippen molar-refractivity contribution in [2.75, 3.05) is 0 Å². The molecule has 0 fully saturated rings. The summed E-state index contributed by atoms with van der Waals surface area (Å²) in [6.07, 6.45) is 0. The van der Waals surface area contributed by atoms with E-state index in [-0.39, 0.29) is 10.0 Å². The third-order valence-corrected chi connectivity index (χ3v) is 6.03. The topological polar surface area (TPSA) is 58.9 Å². The van der Waals surface area contributed by atoms with Gasteiger partial charge in [0.05, 0.1) is 20.1 Å². The molecular formula is C18H11B3Cl6O4. The van der Waals surface area contributed by atoms with Crippen molar-refractivity contribution < 1.29 is 19.2 Å². The maximum atomic E-state index is 10.6. The minimum absolute atomic E-state index is 0.237. The molecule has 3 aromatic carbocycles. The monoisotopic (exact) mass is 534 g/mol. The average molecular weight is 536 g/mol. The normalized spacial score (nSPS) is 10.8. The van der Waals surface area contributed by atoms with Gasteiger partial charge in [-0.2, -0.15) is 0 Å². The van der Waals surface area contributed by atoms with Crippen LogP contribution >= 0.6 is 69.6 Å². The van der Waals surface area contributed by atoms with Gasteiger partial charge >= 0.3 is 21.4 Å². The third-order valence-electron chi connectivity index (χ3n) is 4.12. The Morgan fingerprint density at radius 2 is 0.935 bits per heavy atom. The molecule has 0 aliphatic carbocycles. The Kier molecular flexibility index (Phi) is 8.92. The maximum absolute atomic E-state index is 10.6. The largest absolute Gasteiger partial charge is 0.477 e. The zero-order chi connectivity index (χ0) is 22.7. The van der Waals surface area contributed by atoms with Gasteiger partial charge in [-0.25, -0.2) is 0 Å². The van der Waals surface area contributed by atoms with Crippen LogP contribution in [0.15, 0.2) is 54.6 Å². The fraction of sp³-hybridized carbons (Fsp3) is 0. The van der Waals surface area contributed by atoms with Crippen LogP contribution in [0.2, 0.25) is 30.1 Å². The Labute approximate surface area is 210 Å². The molecule has 3 aromatic rings. The summed E-state index contributed by atoms with van der Waals surface area (Å²) in [7, 11) is -4.22. The molecule has 0 aliphatic rings. The highest BCUT2D eigenvalue weighted by atomic mass is 35.5. The first kappa shape index (κ1) is 25.1. The number of benzene rings is 3. The van der Waals surface area contributed by atoms with Gasteiger partial charge in [0.25, 0.3) is 0 Å². The summed E-state index contributed by atoms with van der Waals surface area (Å²) in [6, 6.07) is 13.6. The van der Waals surface area contributed by atoms with E-state index >= 15 is 0 Å². The first-order valence-electron chi connectivity index (χ1n) is 8.67. The highest BCUT2D eigenvalue weighted by molar-refractivity contribution is 6.79. The van der Waals surface area contributed by atoms with Gasteiger partial charge in [0.15, 0.2) is 0 Å². The summed E-state index contributed by atoms with van der Waals surface area (Å²) in [5.41, 5.74) is 0.996. The molecule has 2 N–H and O–H groups in total. The molecule has 0 radical (unpaired) electrons. The predicted octanol–water partition coefficient (Wildman–Crippen LogP) is 4.11. The lowest BCUT2D eigenvalue weighted by Gasteiger charge is -2.20. The standard InChI is InChI=1S/C18H11B3Cl6O4/c22-13-5-12(6-14(23)9-13)21(30-19(28)10-1-3-15(24)17(26)7-10)31-20(29)11-2-4-16(25)18(27)8-11/h1-9,28-29H. The summed E-state index contributed by atoms with van der Waals surface area (Å²) in [5.74, 6) is 0. The van der Waals surface area contributed by atoms with Crippen molar-refractivity contribution in [2.45, 2.75) is 0 Å². The van der Waals surface area contributed by atoms with Crippen molar-refractivity contribution >= 4 is 107 Å². The first-order chi connectivity index (χ1) is 14.6. The molecule has 0 saturated carbocycles. The van der Waals surface area contributed by atoms with Gasteiger partial charge in [0.2, 0.25) is 0 Å². The van der Waals surface area contributed by atoms with Gasteiger partial charge in [-0.3, -0.25) is 0 Å². The lowest BCUT2D eigenvalue weighted by Crippen LogP contribution is -2.51. The fourth-order valence-electron chi connectivity index (χ4n) is 2.62. The summed E-state index contributed by atoms with van der Waals surface area (Å²) in [5, 5.41) is 22.9. The zero-order valence-electron chi connectivity index (χ0n) is 15.4. The highest BCUT2D eigenvalue weighted by Crippen LogP contribution is 2.21. The van der Waals surface area contributed by atoms with Crippen LogP contribution in [0, 0.1) is 0 Å². The molecule has 0 spiro atoms. The number of halogens is 6. The predicted molar refractivity (Wildman–Crippen MR) is 132 cm³/mol. The van der Waals surface area contributed by atoms with Crippen molar-refractivity contribution in [2.24, 2.45) is 0 Å². The smallest absolute Gasteiger partial charge is 0.444 e. The van der Waals surface area contributed by atoms with Crippen LogP contribution in [0.4, 0.5) is 0 Å². The van der Waals surface area contributed by atoms with Crippen LogP contribution in [0.3, 0.4) is 0 Å². The fourth-order valence-corrected chi connectivity index (χ4v) is 3.78. The second kappa shape index (κ2) is 11.0. The Morgan fingerprint density at radius 3 is 1.32 bits per heavy atom. The molecular weight excluding hydrogens is 525 g/mol. The van der Waals surface area contributed by atoms with Crippen LogP contribution in [-0.2, 0) is 9.14 Å². The number of hydrogen-bond acceptors (Lipinski definition) is 4. The quantitative estimate of drug-likeness (QED) is 0.447. The number of rotatable bonds is 7. The Balaban J connectivity index is 1.90. The summed E-state index contributed by atoms with van der Waals surface area (Å²) in [4.78, 5) is 0. The van der Waals surface area contributed by atoms with Crippen molar-refractivity contribution in [3.63, 3.8) is 0 Å². The highest BCUT2D eigenvalue weighted by Gasteiger charge is 2.34. The van der Waals surface area contributed by atoms with Gasteiger partial charge in [0, 0.05) is 10.0 Å². The van der Waals surface area contributed by atoms with E-state index in [0.29, 0.717) is 36.5 Å². The molecule has 158 valence electrons. The van der Waals surface area contributed by atoms with Crippen molar-refractivity contribution in [1.29, 1.82) is 0 Å². The van der Waals surface area contributed by atoms with Crippen LogP contribution in [-0.4, -0.2) is 31.4 Å². The minimum atomic E-state index is -1.47. The second-order valence-electron chi connectivity index (χ2n) is 6.36. The molecule has 31 heavy (non-hydrogen) atoms. The van der Waals surface area contributed by atoms with E-state index in [1.807, 2.05) is 0 Å². The number of hydrogen-bond donors (Lipinski definition) is 2. The van der Waals surface area contributed by atoms with Gasteiger partial charge in [-0.05, 0) is 58.9 Å². The molecule has 13 heteroatoms. The van der Waals surface area contributed by atoms with E-state index in [1.54, 1.807) is 0 Å². The van der Waals surface area contributed by atoms with E-state index in [2.05, 4.69) is 0 Å². The molecule has 0 aliphatic heterocycles. The molecule has 4 nitrogen and oxygen atoms in total. The molecule has 0 unspecified atom stereocenters. The van der Waals surface area contributed by atoms with E-state index in [1.165, 1.54) is 54.6 Å². The van der Waals surface area contributed by atoms with Crippen LogP contribution in [0.1, 0.15) is 0 Å². The lowest BCUT2D eigenvalue weighted by atomic mass is 9.67. The SMILES string of the molecule is OB(OB(OB(O)c1ccc(Cl)c(Cl)c1)c1cc(Cl)cc(Cl)c1)c1ccc(Cl)c(Cl)c1. The molecule has 0 bridgehead atoms. The van der Waals surface area contributed by atoms with E-state index in [4.69, 9.17) is 78.7 Å². The van der Waals surface area contributed by atoms with E-state index in [9.17, 15) is 10.0 Å². The van der Waals surface area contributed by atoms with Crippen molar-refractivity contribution in [1.82, 2.24) is 0 Å². The maximum Gasteiger partial charge on any atom is 0.477 e. The summed E-state index contributed by atoms with van der Waals surface area (Å²) < 4.78 is 11.3. The Morgan fingerprint density at radius 1 is 0.516 bits per heavy atom. The molecule has 0 heterocycles. The first-order valence-corrected chi connectivity index (χ1v) is 10.9. The third kappa shape index (κ3) is 6.72. The minimum Gasteiger partial charge on any atom is -0.444 e. The zero-order valence-corrected chi connectivity index (χ0v) is 19.9. The van der Waals surface area contributed by atoms with E-state index in [0.717, 1.165) is 0 Å². The average Bonchev–Trinajstić information content (AvgIpc) is 2.70. The van der Waals surface area contributed by atoms with Crippen molar-refractivity contribution in [3.05, 3.63) is 84.7 Å².